The number of nitrogens with zero attached hydrogens (tertiary/aromatic N) is 2. The molecule has 3 N–H and O–H groups in total. The molecule has 0 saturated carbocycles. The van der Waals surface area contributed by atoms with Gasteiger partial charge in [-0.1, -0.05) is 6.07 Å². The van der Waals surface area contributed by atoms with E-state index in [0.29, 0.717) is 6.54 Å². The van der Waals surface area contributed by atoms with Crippen LogP contribution in [0.15, 0.2) is 18.3 Å². The summed E-state index contributed by atoms with van der Waals surface area (Å²) in [6.45, 7) is 4.34. The van der Waals surface area contributed by atoms with Crippen LogP contribution in [0.1, 0.15) is 31.7 Å². The zero-order valence-electron chi connectivity index (χ0n) is 11.4. The number of nitrogens with one attached hydrogen (secondary N) is 1. The highest BCUT2D eigenvalue weighted by Gasteiger charge is 2.12. The van der Waals surface area contributed by atoms with Gasteiger partial charge in [-0.05, 0) is 37.8 Å². The molecule has 0 unspecified atom stereocenters. The van der Waals surface area contributed by atoms with Crippen molar-refractivity contribution in [2.75, 3.05) is 18.0 Å². The molecule has 1 atom stereocenters. The van der Waals surface area contributed by atoms with Crippen LogP contribution < -0.4 is 16.0 Å². The fourth-order valence-corrected chi connectivity index (χ4v) is 2.18. The van der Waals surface area contributed by atoms with Gasteiger partial charge in [0.2, 0.25) is 5.91 Å². The number of rotatable bonds is 4. The van der Waals surface area contributed by atoms with Crippen LogP contribution in [0, 0.1) is 0 Å². The lowest BCUT2D eigenvalue weighted by atomic mass is 10.1. The molecule has 104 valence electrons. The van der Waals surface area contributed by atoms with Crippen molar-refractivity contribution < 1.29 is 4.79 Å². The second kappa shape index (κ2) is 6.52. The van der Waals surface area contributed by atoms with Crippen LogP contribution in [-0.4, -0.2) is 30.0 Å². The van der Waals surface area contributed by atoms with E-state index in [4.69, 9.17) is 5.73 Å². The lowest BCUT2D eigenvalue weighted by Crippen LogP contribution is -2.37. The second-order valence-corrected chi connectivity index (χ2v) is 5.08. The standard InChI is InChI=1S/C14H22N4O/c1-11(15)14(19)17-10-12-5-6-13(16-9-12)18-7-3-2-4-8-18/h5-6,9,11H,2-4,7-8,10,15H2,1H3,(H,17,19)/t11-/m1/s1. The van der Waals surface area contributed by atoms with Crippen molar-refractivity contribution in [3.63, 3.8) is 0 Å². The van der Waals surface area contributed by atoms with Crippen molar-refractivity contribution in [2.45, 2.75) is 38.8 Å². The molecule has 1 amide bonds. The van der Waals surface area contributed by atoms with Crippen LogP contribution in [0.2, 0.25) is 0 Å². The Hall–Kier alpha value is -1.62. The zero-order valence-corrected chi connectivity index (χ0v) is 11.4. The smallest absolute Gasteiger partial charge is 0.236 e. The summed E-state index contributed by atoms with van der Waals surface area (Å²) in [5.41, 5.74) is 6.48. The van der Waals surface area contributed by atoms with Gasteiger partial charge in [-0.3, -0.25) is 4.79 Å². The van der Waals surface area contributed by atoms with E-state index in [9.17, 15) is 4.79 Å². The van der Waals surface area contributed by atoms with Crippen LogP contribution >= 0.6 is 0 Å². The van der Waals surface area contributed by atoms with Crippen LogP contribution in [0.3, 0.4) is 0 Å². The predicted molar refractivity (Wildman–Crippen MR) is 75.8 cm³/mol. The number of anilines is 1. The van der Waals surface area contributed by atoms with Gasteiger partial charge >= 0.3 is 0 Å². The zero-order chi connectivity index (χ0) is 13.7. The van der Waals surface area contributed by atoms with Crippen molar-refractivity contribution >= 4 is 11.7 Å². The summed E-state index contributed by atoms with van der Waals surface area (Å²) < 4.78 is 0. The summed E-state index contributed by atoms with van der Waals surface area (Å²) in [5, 5.41) is 2.78. The molecule has 0 aromatic carbocycles. The molecule has 0 radical (unpaired) electrons. The molecule has 5 nitrogen and oxygen atoms in total. The Labute approximate surface area is 114 Å². The van der Waals surface area contributed by atoms with Crippen LogP contribution in [0.25, 0.3) is 0 Å². The third-order valence-electron chi connectivity index (χ3n) is 3.37. The van der Waals surface area contributed by atoms with Gasteiger partial charge in [0.25, 0.3) is 0 Å². The molecular weight excluding hydrogens is 240 g/mol. The summed E-state index contributed by atoms with van der Waals surface area (Å²) in [5.74, 6) is 0.891. The van der Waals surface area contributed by atoms with E-state index >= 15 is 0 Å². The quantitative estimate of drug-likeness (QED) is 0.850. The van der Waals surface area contributed by atoms with E-state index in [0.717, 1.165) is 24.5 Å². The van der Waals surface area contributed by atoms with Gasteiger partial charge in [0.1, 0.15) is 5.82 Å². The van der Waals surface area contributed by atoms with Gasteiger partial charge in [-0.25, -0.2) is 4.98 Å². The average molecular weight is 262 g/mol. The number of carbonyl (C=O) groups is 1. The van der Waals surface area contributed by atoms with Gasteiger partial charge in [0, 0.05) is 25.8 Å². The van der Waals surface area contributed by atoms with E-state index in [-0.39, 0.29) is 5.91 Å². The highest BCUT2D eigenvalue weighted by Crippen LogP contribution is 2.17. The molecule has 1 aromatic rings. The minimum Gasteiger partial charge on any atom is -0.357 e. The fraction of sp³-hybridized carbons (Fsp3) is 0.571. The van der Waals surface area contributed by atoms with Crippen molar-refractivity contribution in [1.82, 2.24) is 10.3 Å². The van der Waals surface area contributed by atoms with E-state index in [2.05, 4.69) is 15.2 Å². The molecule has 1 fully saturated rings. The van der Waals surface area contributed by atoms with E-state index in [1.54, 1.807) is 6.92 Å². The molecule has 5 heteroatoms. The van der Waals surface area contributed by atoms with Gasteiger partial charge < -0.3 is 16.0 Å². The summed E-state index contributed by atoms with van der Waals surface area (Å²) in [6, 6.07) is 3.57. The fourth-order valence-electron chi connectivity index (χ4n) is 2.18. The maximum Gasteiger partial charge on any atom is 0.236 e. The van der Waals surface area contributed by atoms with Crippen LogP contribution in [-0.2, 0) is 11.3 Å². The minimum atomic E-state index is -0.472. The Balaban J connectivity index is 1.89. The molecule has 2 heterocycles. The molecule has 19 heavy (non-hydrogen) atoms. The number of piperidine rings is 1. The number of carbonyl (C=O) groups excluding carboxylic acids is 1. The van der Waals surface area contributed by atoms with E-state index < -0.39 is 6.04 Å². The third kappa shape index (κ3) is 3.92. The highest BCUT2D eigenvalue weighted by atomic mass is 16.2. The second-order valence-electron chi connectivity index (χ2n) is 5.08. The summed E-state index contributed by atoms with van der Waals surface area (Å²) >= 11 is 0. The van der Waals surface area contributed by atoms with Gasteiger partial charge in [0.05, 0.1) is 6.04 Å². The summed E-state index contributed by atoms with van der Waals surface area (Å²) in [6.07, 6.45) is 5.63. The summed E-state index contributed by atoms with van der Waals surface area (Å²) in [4.78, 5) is 18.1. The number of pyridine rings is 1. The molecule has 0 spiro atoms. The Morgan fingerprint density at radius 1 is 1.42 bits per heavy atom. The molecule has 0 bridgehead atoms. The van der Waals surface area contributed by atoms with E-state index in [1.807, 2.05) is 18.3 Å². The number of nitrogens with two attached hydrogens (primary N) is 1. The molecular formula is C14H22N4O. The third-order valence-corrected chi connectivity index (χ3v) is 3.37. The van der Waals surface area contributed by atoms with Crippen molar-refractivity contribution in [3.05, 3.63) is 23.9 Å². The molecule has 1 aliphatic heterocycles. The topological polar surface area (TPSA) is 71.2 Å². The molecule has 2 rings (SSSR count). The maximum absolute atomic E-state index is 11.4. The monoisotopic (exact) mass is 262 g/mol. The SMILES string of the molecule is C[C@@H](N)C(=O)NCc1ccc(N2CCCCC2)nc1. The van der Waals surface area contributed by atoms with Gasteiger partial charge in [-0.15, -0.1) is 0 Å². The molecule has 0 aliphatic carbocycles. The maximum atomic E-state index is 11.4. The van der Waals surface area contributed by atoms with Crippen LogP contribution in [0.5, 0.6) is 0 Å². The number of hydrogen-bond acceptors (Lipinski definition) is 4. The van der Waals surface area contributed by atoms with Crippen LogP contribution in [0.4, 0.5) is 5.82 Å². The predicted octanol–water partition coefficient (Wildman–Crippen LogP) is 1.04. The Morgan fingerprint density at radius 3 is 2.74 bits per heavy atom. The average Bonchev–Trinajstić information content (AvgIpc) is 2.46. The number of amides is 1. The first-order chi connectivity index (χ1) is 9.16. The molecule has 1 aliphatic rings. The molecule has 1 saturated heterocycles. The Bertz CT molecular complexity index is 410. The Kier molecular flexibility index (Phi) is 4.74. The number of hydrogen-bond donors (Lipinski definition) is 2. The normalized spacial score (nSPS) is 17.1. The first-order valence-electron chi connectivity index (χ1n) is 6.90. The Morgan fingerprint density at radius 2 is 2.16 bits per heavy atom. The lowest BCUT2D eigenvalue weighted by molar-refractivity contribution is -0.122. The van der Waals surface area contributed by atoms with Crippen molar-refractivity contribution in [3.8, 4) is 0 Å². The first kappa shape index (κ1) is 13.8. The van der Waals surface area contributed by atoms with Gasteiger partial charge in [-0.2, -0.15) is 0 Å². The highest BCUT2D eigenvalue weighted by molar-refractivity contribution is 5.80. The summed E-state index contributed by atoms with van der Waals surface area (Å²) in [7, 11) is 0. The first-order valence-corrected chi connectivity index (χ1v) is 6.90. The largest absolute Gasteiger partial charge is 0.357 e. The van der Waals surface area contributed by atoms with Crippen molar-refractivity contribution in [2.24, 2.45) is 5.73 Å². The van der Waals surface area contributed by atoms with E-state index in [1.165, 1.54) is 19.3 Å². The van der Waals surface area contributed by atoms with Crippen molar-refractivity contribution in [1.29, 1.82) is 0 Å². The van der Waals surface area contributed by atoms with Gasteiger partial charge in [0.15, 0.2) is 0 Å². The lowest BCUT2D eigenvalue weighted by Gasteiger charge is -2.27. The number of aromatic nitrogens is 1. The minimum absolute atomic E-state index is 0.139. The molecule has 1 aromatic heterocycles.